The number of carbonyl (C=O) groups is 1. The maximum Gasteiger partial charge on any atom is 0.291 e. The molecule has 1 aliphatic rings. The Balaban J connectivity index is 1.56. The van der Waals surface area contributed by atoms with Crippen LogP contribution in [0.4, 0.5) is 0 Å². The molecular weight excluding hydrogens is 338 g/mol. The van der Waals surface area contributed by atoms with Crippen LogP contribution in [0.25, 0.3) is 5.78 Å². The lowest BCUT2D eigenvalue weighted by Gasteiger charge is -2.26. The van der Waals surface area contributed by atoms with Crippen molar-refractivity contribution in [2.75, 3.05) is 39.3 Å². The van der Waals surface area contributed by atoms with E-state index in [1.807, 2.05) is 0 Å². The first kappa shape index (κ1) is 14.4. The Morgan fingerprint density at radius 1 is 1.43 bits per heavy atom. The normalized spacial score (nSPS) is 16.2. The van der Waals surface area contributed by atoms with Gasteiger partial charge in [0, 0.05) is 51.7 Å². The van der Waals surface area contributed by atoms with Crippen LogP contribution in [0, 0.1) is 0 Å². The zero-order valence-corrected chi connectivity index (χ0v) is 13.0. The molecule has 3 rings (SSSR count). The third-order valence-electron chi connectivity index (χ3n) is 3.29. The summed E-state index contributed by atoms with van der Waals surface area (Å²) in [5.41, 5.74) is 0. The second-order valence-electron chi connectivity index (χ2n) is 4.80. The largest absolute Gasteiger partial charge is 0.348 e. The second-order valence-corrected chi connectivity index (χ2v) is 5.72. The quantitative estimate of drug-likeness (QED) is 0.772. The standard InChI is InChI=1S/C12H16BrN7O/c13-9-7-16-12-17-10(18-20(12)8-9)11(21)15-3-6-19-4-1-14-2-5-19/h7-8,14H,1-6H2,(H,15,21). The minimum atomic E-state index is -0.272. The highest BCUT2D eigenvalue weighted by atomic mass is 79.9. The molecule has 0 aliphatic carbocycles. The van der Waals surface area contributed by atoms with Gasteiger partial charge in [-0.1, -0.05) is 0 Å². The summed E-state index contributed by atoms with van der Waals surface area (Å²) in [4.78, 5) is 22.5. The summed E-state index contributed by atoms with van der Waals surface area (Å²) < 4.78 is 2.26. The van der Waals surface area contributed by atoms with Gasteiger partial charge in [0.15, 0.2) is 0 Å². The van der Waals surface area contributed by atoms with Gasteiger partial charge in [0.1, 0.15) is 0 Å². The summed E-state index contributed by atoms with van der Waals surface area (Å²) in [6, 6.07) is 0. The Bertz CT molecular complexity index is 638. The first-order chi connectivity index (χ1) is 10.2. The van der Waals surface area contributed by atoms with Gasteiger partial charge in [0.05, 0.1) is 4.47 Å². The van der Waals surface area contributed by atoms with Gasteiger partial charge in [0.2, 0.25) is 5.82 Å². The molecule has 0 radical (unpaired) electrons. The number of aromatic nitrogens is 4. The fourth-order valence-electron chi connectivity index (χ4n) is 2.20. The Kier molecular flexibility index (Phi) is 4.42. The molecule has 112 valence electrons. The van der Waals surface area contributed by atoms with Crippen molar-refractivity contribution in [3.63, 3.8) is 0 Å². The first-order valence-corrected chi connectivity index (χ1v) is 7.61. The van der Waals surface area contributed by atoms with E-state index in [-0.39, 0.29) is 11.7 Å². The van der Waals surface area contributed by atoms with E-state index in [9.17, 15) is 4.79 Å². The van der Waals surface area contributed by atoms with Crippen molar-refractivity contribution in [3.8, 4) is 0 Å². The minimum absolute atomic E-state index is 0.140. The van der Waals surface area contributed by atoms with E-state index in [4.69, 9.17) is 0 Å². The number of halogens is 1. The van der Waals surface area contributed by atoms with Crippen molar-refractivity contribution in [1.29, 1.82) is 0 Å². The number of nitrogens with one attached hydrogen (secondary N) is 2. The average molecular weight is 354 g/mol. The third kappa shape index (κ3) is 3.55. The number of hydrogen-bond acceptors (Lipinski definition) is 6. The number of nitrogens with zero attached hydrogens (tertiary/aromatic N) is 5. The topological polar surface area (TPSA) is 87.5 Å². The molecule has 0 bridgehead atoms. The van der Waals surface area contributed by atoms with Gasteiger partial charge in [-0.15, -0.1) is 5.10 Å². The Hall–Kier alpha value is -1.58. The molecule has 9 heteroatoms. The van der Waals surface area contributed by atoms with E-state index in [2.05, 4.69) is 46.5 Å². The van der Waals surface area contributed by atoms with Crippen molar-refractivity contribution in [2.45, 2.75) is 0 Å². The summed E-state index contributed by atoms with van der Waals surface area (Å²) in [7, 11) is 0. The van der Waals surface area contributed by atoms with Crippen LogP contribution in [0.1, 0.15) is 10.6 Å². The molecule has 0 aromatic carbocycles. The van der Waals surface area contributed by atoms with Gasteiger partial charge in [-0.2, -0.15) is 4.98 Å². The van der Waals surface area contributed by atoms with Gasteiger partial charge in [-0.05, 0) is 15.9 Å². The number of hydrogen-bond donors (Lipinski definition) is 2. The first-order valence-electron chi connectivity index (χ1n) is 6.81. The van der Waals surface area contributed by atoms with Crippen molar-refractivity contribution >= 4 is 27.6 Å². The lowest BCUT2D eigenvalue weighted by molar-refractivity contribution is 0.0937. The third-order valence-corrected chi connectivity index (χ3v) is 3.70. The van der Waals surface area contributed by atoms with Crippen LogP contribution in [-0.4, -0.2) is 69.7 Å². The molecule has 1 saturated heterocycles. The van der Waals surface area contributed by atoms with Crippen LogP contribution in [0.15, 0.2) is 16.9 Å². The molecule has 0 atom stereocenters. The fourth-order valence-corrected chi connectivity index (χ4v) is 2.49. The fraction of sp³-hybridized carbons (Fsp3) is 0.500. The minimum Gasteiger partial charge on any atom is -0.348 e. The maximum absolute atomic E-state index is 12.0. The lowest BCUT2D eigenvalue weighted by atomic mass is 10.3. The summed E-state index contributed by atoms with van der Waals surface area (Å²) in [5, 5.41) is 10.3. The van der Waals surface area contributed by atoms with E-state index in [0.29, 0.717) is 12.3 Å². The Morgan fingerprint density at radius 2 is 2.24 bits per heavy atom. The number of rotatable bonds is 4. The molecule has 0 unspecified atom stereocenters. The second kappa shape index (κ2) is 6.46. The van der Waals surface area contributed by atoms with Crippen LogP contribution in [0.2, 0.25) is 0 Å². The van der Waals surface area contributed by atoms with E-state index in [0.717, 1.165) is 37.2 Å². The van der Waals surface area contributed by atoms with Gasteiger partial charge in [0.25, 0.3) is 11.7 Å². The molecule has 0 saturated carbocycles. The van der Waals surface area contributed by atoms with Gasteiger partial charge in [-0.3, -0.25) is 9.69 Å². The lowest BCUT2D eigenvalue weighted by Crippen LogP contribution is -2.46. The molecule has 0 spiro atoms. The maximum atomic E-state index is 12.0. The zero-order valence-electron chi connectivity index (χ0n) is 11.4. The Labute approximate surface area is 130 Å². The molecular formula is C12H16BrN7O. The molecule has 3 heterocycles. The van der Waals surface area contributed by atoms with Crippen LogP contribution < -0.4 is 10.6 Å². The molecule has 21 heavy (non-hydrogen) atoms. The highest BCUT2D eigenvalue weighted by molar-refractivity contribution is 9.10. The van der Waals surface area contributed by atoms with Crippen molar-refractivity contribution in [2.24, 2.45) is 0 Å². The predicted octanol–water partition coefficient (Wildman–Crippen LogP) is -0.478. The van der Waals surface area contributed by atoms with Crippen molar-refractivity contribution < 1.29 is 4.79 Å². The summed E-state index contributed by atoms with van der Waals surface area (Å²) in [6.07, 6.45) is 3.34. The van der Waals surface area contributed by atoms with Crippen LogP contribution in [0.5, 0.6) is 0 Å². The van der Waals surface area contributed by atoms with Crippen LogP contribution >= 0.6 is 15.9 Å². The number of fused-ring (bicyclic) bond motifs is 1. The molecule has 2 aromatic rings. The smallest absolute Gasteiger partial charge is 0.291 e. The zero-order chi connectivity index (χ0) is 14.7. The molecule has 1 amide bonds. The van der Waals surface area contributed by atoms with Gasteiger partial charge < -0.3 is 10.6 Å². The number of amides is 1. The molecule has 1 aliphatic heterocycles. The summed E-state index contributed by atoms with van der Waals surface area (Å²) >= 11 is 3.30. The Morgan fingerprint density at radius 3 is 3.05 bits per heavy atom. The highest BCUT2D eigenvalue weighted by Gasteiger charge is 2.14. The molecule has 2 aromatic heterocycles. The van der Waals surface area contributed by atoms with E-state index in [1.165, 1.54) is 4.52 Å². The number of piperazine rings is 1. The summed E-state index contributed by atoms with van der Waals surface area (Å²) in [5.74, 6) is 0.276. The van der Waals surface area contributed by atoms with Gasteiger partial charge in [-0.25, -0.2) is 9.50 Å². The van der Waals surface area contributed by atoms with E-state index in [1.54, 1.807) is 12.4 Å². The number of carbonyl (C=O) groups excluding carboxylic acids is 1. The van der Waals surface area contributed by atoms with Crippen molar-refractivity contribution in [3.05, 3.63) is 22.7 Å². The van der Waals surface area contributed by atoms with Crippen LogP contribution in [0.3, 0.4) is 0 Å². The van der Waals surface area contributed by atoms with Crippen molar-refractivity contribution in [1.82, 2.24) is 35.1 Å². The molecule has 8 nitrogen and oxygen atoms in total. The summed E-state index contributed by atoms with van der Waals surface area (Å²) in [6.45, 7) is 5.46. The molecule has 1 fully saturated rings. The van der Waals surface area contributed by atoms with E-state index < -0.39 is 0 Å². The molecule has 2 N–H and O–H groups in total. The SMILES string of the molecule is O=C(NCCN1CCNCC1)c1nc2ncc(Br)cn2n1. The van der Waals surface area contributed by atoms with Crippen LogP contribution in [-0.2, 0) is 0 Å². The monoisotopic (exact) mass is 353 g/mol. The predicted molar refractivity (Wildman–Crippen MR) is 80.1 cm³/mol. The van der Waals surface area contributed by atoms with E-state index >= 15 is 0 Å². The average Bonchev–Trinajstić information content (AvgIpc) is 2.91. The highest BCUT2D eigenvalue weighted by Crippen LogP contribution is 2.07. The van der Waals surface area contributed by atoms with Gasteiger partial charge >= 0.3 is 0 Å².